The van der Waals surface area contributed by atoms with Gasteiger partial charge in [0.15, 0.2) is 0 Å². The minimum absolute atomic E-state index is 0.00810. The monoisotopic (exact) mass is 538 g/mol. The van der Waals surface area contributed by atoms with Gasteiger partial charge in [-0.2, -0.15) is 5.26 Å². The molecule has 0 fully saturated rings. The first-order valence-electron chi connectivity index (χ1n) is 11.7. The van der Waals surface area contributed by atoms with Gasteiger partial charge in [0, 0.05) is 40.8 Å². The van der Waals surface area contributed by atoms with Crippen LogP contribution in [0.2, 0.25) is 0 Å². The van der Waals surface area contributed by atoms with Crippen LogP contribution in [0.25, 0.3) is 28.4 Å². The van der Waals surface area contributed by atoms with Crippen molar-refractivity contribution >= 4 is 34.7 Å². The maximum atomic E-state index is 12.2. The van der Waals surface area contributed by atoms with Gasteiger partial charge < -0.3 is 23.6 Å². The third-order valence-corrected chi connectivity index (χ3v) is 6.85. The molecule has 2 heterocycles. The summed E-state index contributed by atoms with van der Waals surface area (Å²) in [6.07, 6.45) is 3.46. The number of thioether (sulfide) groups is 1. The normalized spacial score (nSPS) is 11.4. The van der Waals surface area contributed by atoms with Crippen molar-refractivity contribution in [1.29, 1.82) is 5.26 Å². The maximum absolute atomic E-state index is 12.2. The summed E-state index contributed by atoms with van der Waals surface area (Å²) in [4.78, 5) is 12.2. The number of rotatable bonds is 9. The Balaban J connectivity index is 1.48. The van der Waals surface area contributed by atoms with E-state index in [9.17, 15) is 15.2 Å². The number of hydrogen-bond donors (Lipinski definition) is 1. The zero-order chi connectivity index (χ0) is 27.4. The van der Waals surface area contributed by atoms with Gasteiger partial charge in [0.2, 0.25) is 5.89 Å². The SMILES string of the molecule is COc1cc(OC)cc(-c2nnc(S/C(=C\c3cn(Cc4ccccc4C#N)c4ccccc34)C(=O)O)o2)c1. The second-order valence-corrected chi connectivity index (χ2v) is 9.38. The number of ether oxygens (including phenoxy) is 2. The molecule has 0 aliphatic carbocycles. The highest BCUT2D eigenvalue weighted by Gasteiger charge is 2.18. The van der Waals surface area contributed by atoms with E-state index >= 15 is 0 Å². The Kier molecular flexibility index (Phi) is 7.34. The smallest absolute Gasteiger partial charge is 0.342 e. The molecular formula is C29H22N4O5S. The van der Waals surface area contributed by atoms with Crippen LogP contribution < -0.4 is 9.47 Å². The van der Waals surface area contributed by atoms with Crippen molar-refractivity contribution in [1.82, 2.24) is 14.8 Å². The molecule has 5 aromatic rings. The van der Waals surface area contributed by atoms with Gasteiger partial charge in [-0.3, -0.25) is 0 Å². The highest BCUT2D eigenvalue weighted by Crippen LogP contribution is 2.34. The van der Waals surface area contributed by atoms with Crippen molar-refractivity contribution < 1.29 is 23.8 Å². The Bertz CT molecular complexity index is 1730. The van der Waals surface area contributed by atoms with Crippen molar-refractivity contribution in [3.05, 3.63) is 94.5 Å². The number of hydrogen-bond acceptors (Lipinski definition) is 8. The van der Waals surface area contributed by atoms with Gasteiger partial charge >= 0.3 is 5.97 Å². The van der Waals surface area contributed by atoms with Gasteiger partial charge in [-0.15, -0.1) is 10.2 Å². The van der Waals surface area contributed by atoms with Crippen molar-refractivity contribution in [2.24, 2.45) is 0 Å². The van der Waals surface area contributed by atoms with Gasteiger partial charge in [-0.1, -0.05) is 36.4 Å². The number of para-hydroxylation sites is 1. The number of aromatic nitrogens is 3. The van der Waals surface area contributed by atoms with Crippen LogP contribution in [-0.4, -0.2) is 40.1 Å². The first-order valence-corrected chi connectivity index (χ1v) is 12.6. The summed E-state index contributed by atoms with van der Waals surface area (Å²) in [5, 5.41) is 28.5. The molecule has 3 aromatic carbocycles. The average Bonchev–Trinajstić information content (AvgIpc) is 3.57. The third kappa shape index (κ3) is 5.49. The van der Waals surface area contributed by atoms with E-state index in [0.717, 1.165) is 28.2 Å². The summed E-state index contributed by atoms with van der Waals surface area (Å²) in [5.74, 6) is 0.176. The second kappa shape index (κ2) is 11.2. The van der Waals surface area contributed by atoms with Gasteiger partial charge in [-0.25, -0.2) is 4.79 Å². The van der Waals surface area contributed by atoms with E-state index in [1.807, 2.05) is 53.2 Å². The number of aliphatic carboxylic acids is 1. The molecule has 0 atom stereocenters. The molecular weight excluding hydrogens is 516 g/mol. The molecule has 0 aliphatic rings. The Labute approximate surface area is 227 Å². The Morgan fingerprint density at radius 2 is 1.79 bits per heavy atom. The van der Waals surface area contributed by atoms with Crippen molar-refractivity contribution in [2.45, 2.75) is 11.8 Å². The number of carboxylic acids is 1. The van der Waals surface area contributed by atoms with Crippen LogP contribution in [-0.2, 0) is 11.3 Å². The summed E-state index contributed by atoms with van der Waals surface area (Å²) < 4.78 is 18.4. The van der Waals surface area contributed by atoms with E-state index in [1.165, 1.54) is 14.2 Å². The zero-order valence-electron chi connectivity index (χ0n) is 21.0. The highest BCUT2D eigenvalue weighted by atomic mass is 32.2. The predicted octanol–water partition coefficient (Wildman–Crippen LogP) is 5.85. The lowest BCUT2D eigenvalue weighted by molar-refractivity contribution is -0.131. The number of benzene rings is 3. The molecule has 0 saturated heterocycles. The first kappa shape index (κ1) is 25.6. The summed E-state index contributed by atoms with van der Waals surface area (Å²) in [7, 11) is 3.08. The number of carboxylic acid groups (broad SMARTS) is 1. The molecule has 1 N–H and O–H groups in total. The molecule has 9 nitrogen and oxygen atoms in total. The molecule has 2 aromatic heterocycles. The lowest BCUT2D eigenvalue weighted by Crippen LogP contribution is -2.00. The second-order valence-electron chi connectivity index (χ2n) is 8.39. The number of nitriles is 1. The number of fused-ring (bicyclic) bond motifs is 1. The lowest BCUT2D eigenvalue weighted by atomic mass is 10.1. The van der Waals surface area contributed by atoms with Crippen molar-refractivity contribution in [3.8, 4) is 29.0 Å². The Morgan fingerprint density at radius 3 is 2.51 bits per heavy atom. The summed E-state index contributed by atoms with van der Waals surface area (Å²) in [6.45, 7) is 0.463. The van der Waals surface area contributed by atoms with Crippen molar-refractivity contribution in [3.63, 3.8) is 0 Å². The standard InChI is InChI=1S/C29H22N4O5S/c1-36-22-11-20(12-23(14-22)37-2)27-31-32-29(38-27)39-26(28(34)35)13-21-17-33(25-10-6-5-9-24(21)25)16-19-8-4-3-7-18(19)15-30/h3-14,17H,16H2,1-2H3,(H,34,35)/b26-13-. The number of carbonyl (C=O) groups is 1. The zero-order valence-corrected chi connectivity index (χ0v) is 21.8. The number of nitrogens with zero attached hydrogens (tertiary/aromatic N) is 4. The topological polar surface area (TPSA) is 123 Å². The molecule has 39 heavy (non-hydrogen) atoms. The van der Waals surface area contributed by atoms with Gasteiger partial charge in [-0.05, 0) is 47.7 Å². The molecule has 0 spiro atoms. The molecule has 10 heteroatoms. The van der Waals surface area contributed by atoms with Gasteiger partial charge in [0.1, 0.15) is 16.4 Å². The average molecular weight is 539 g/mol. The molecule has 0 bridgehead atoms. The van der Waals surface area contributed by atoms with Crippen LogP contribution in [0.4, 0.5) is 0 Å². The van der Waals surface area contributed by atoms with Crippen LogP contribution in [0.1, 0.15) is 16.7 Å². The Morgan fingerprint density at radius 1 is 1.08 bits per heavy atom. The molecule has 5 rings (SSSR count). The molecule has 0 aliphatic heterocycles. The predicted molar refractivity (Wildman–Crippen MR) is 147 cm³/mol. The fourth-order valence-electron chi connectivity index (χ4n) is 4.14. The van der Waals surface area contributed by atoms with Crippen LogP contribution in [0.5, 0.6) is 11.5 Å². The fraction of sp³-hybridized carbons (Fsp3) is 0.103. The highest BCUT2D eigenvalue weighted by molar-refractivity contribution is 8.03. The van der Waals surface area contributed by atoms with E-state index in [1.54, 1.807) is 30.3 Å². The summed E-state index contributed by atoms with van der Waals surface area (Å²) >= 11 is 0.861. The molecule has 194 valence electrons. The summed E-state index contributed by atoms with van der Waals surface area (Å²) in [6, 6.07) is 22.5. The van der Waals surface area contributed by atoms with Crippen LogP contribution in [0, 0.1) is 11.3 Å². The maximum Gasteiger partial charge on any atom is 0.342 e. The van der Waals surface area contributed by atoms with Crippen molar-refractivity contribution in [2.75, 3.05) is 14.2 Å². The quantitative estimate of drug-likeness (QED) is 0.182. The lowest BCUT2D eigenvalue weighted by Gasteiger charge is -2.07. The van der Waals surface area contributed by atoms with E-state index in [-0.39, 0.29) is 16.0 Å². The molecule has 0 saturated carbocycles. The van der Waals surface area contributed by atoms with E-state index in [0.29, 0.717) is 34.7 Å². The Hall–Kier alpha value is -5.01. The van der Waals surface area contributed by atoms with Gasteiger partial charge in [0.05, 0.1) is 25.9 Å². The van der Waals surface area contributed by atoms with Gasteiger partial charge in [0.25, 0.3) is 5.22 Å². The van der Waals surface area contributed by atoms with E-state index in [2.05, 4.69) is 16.3 Å². The van der Waals surface area contributed by atoms with Crippen LogP contribution in [0.3, 0.4) is 0 Å². The molecule has 0 amide bonds. The van der Waals surface area contributed by atoms with E-state index < -0.39 is 5.97 Å². The summed E-state index contributed by atoms with van der Waals surface area (Å²) in [5.41, 5.74) is 3.67. The molecule has 0 radical (unpaired) electrons. The largest absolute Gasteiger partial charge is 0.497 e. The number of methoxy groups -OCH3 is 2. The third-order valence-electron chi connectivity index (χ3n) is 6.00. The van der Waals surface area contributed by atoms with E-state index in [4.69, 9.17) is 13.9 Å². The minimum Gasteiger partial charge on any atom is -0.497 e. The van der Waals surface area contributed by atoms with Crippen LogP contribution in [0.15, 0.2) is 87.5 Å². The first-order chi connectivity index (χ1) is 19.0. The van der Waals surface area contributed by atoms with Crippen LogP contribution >= 0.6 is 11.8 Å². The minimum atomic E-state index is -1.13. The molecule has 0 unspecified atom stereocenters. The fourth-order valence-corrected chi connectivity index (χ4v) is 4.80.